The van der Waals surface area contributed by atoms with E-state index < -0.39 is 0 Å². The topological polar surface area (TPSA) is 39.6 Å². The molecule has 0 radical (unpaired) electrons. The molecular formula is C16H12N2S. The van der Waals surface area contributed by atoms with Crippen LogP contribution in [0.4, 0.5) is 0 Å². The second kappa shape index (κ2) is 4.83. The van der Waals surface area contributed by atoms with Crippen LogP contribution in [0.3, 0.4) is 0 Å². The molecule has 1 heterocycles. The van der Waals surface area contributed by atoms with E-state index in [1.165, 1.54) is 5.39 Å². The van der Waals surface area contributed by atoms with Crippen LogP contribution in [-0.4, -0.2) is 4.98 Å². The normalized spacial score (nSPS) is 10.5. The molecule has 0 spiro atoms. The fraction of sp³-hybridized carbons (Fsp3) is 0.0625. The number of rotatable bonds is 2. The quantitative estimate of drug-likeness (QED) is 0.740. The molecule has 3 heteroatoms. The molecule has 1 aromatic heterocycles. The summed E-state index contributed by atoms with van der Waals surface area (Å²) in [7, 11) is 0. The highest BCUT2D eigenvalue weighted by Gasteiger charge is 2.06. The van der Waals surface area contributed by atoms with E-state index in [1.807, 2.05) is 37.3 Å². The lowest BCUT2D eigenvalue weighted by Crippen LogP contribution is -1.83. The number of hydrogen-bond acceptors (Lipinski definition) is 2. The number of hydrogen-bond donors (Lipinski definition) is 1. The lowest BCUT2D eigenvalue weighted by atomic mass is 10.2. The van der Waals surface area contributed by atoms with Gasteiger partial charge in [-0.05, 0) is 36.8 Å². The summed E-state index contributed by atoms with van der Waals surface area (Å²) >= 11 is 1.60. The van der Waals surface area contributed by atoms with Gasteiger partial charge in [0, 0.05) is 15.8 Å². The second-order valence-electron chi connectivity index (χ2n) is 4.43. The Balaban J connectivity index is 1.99. The van der Waals surface area contributed by atoms with E-state index in [4.69, 9.17) is 0 Å². The van der Waals surface area contributed by atoms with Gasteiger partial charge in [0.25, 0.3) is 0 Å². The number of nitrogens with one attached hydrogen (secondary N) is 1. The summed E-state index contributed by atoms with van der Waals surface area (Å²) in [5, 5.41) is 11.4. The second-order valence-corrected chi connectivity index (χ2v) is 5.52. The minimum atomic E-state index is 0.726. The molecule has 0 bridgehead atoms. The summed E-state index contributed by atoms with van der Waals surface area (Å²) < 4.78 is 0. The largest absolute Gasteiger partial charge is 0.349 e. The third-order valence-corrected chi connectivity index (χ3v) is 4.00. The van der Waals surface area contributed by atoms with E-state index in [0.29, 0.717) is 0 Å². The lowest BCUT2D eigenvalue weighted by molar-refractivity contribution is 1.22. The average Bonchev–Trinajstić information content (AvgIpc) is 2.83. The molecule has 2 aromatic carbocycles. The lowest BCUT2D eigenvalue weighted by Gasteiger charge is -2.02. The van der Waals surface area contributed by atoms with Gasteiger partial charge >= 0.3 is 0 Å². The zero-order valence-corrected chi connectivity index (χ0v) is 11.3. The zero-order chi connectivity index (χ0) is 13.2. The van der Waals surface area contributed by atoms with Gasteiger partial charge in [-0.25, -0.2) is 0 Å². The minimum Gasteiger partial charge on any atom is -0.349 e. The van der Waals surface area contributed by atoms with E-state index in [2.05, 4.69) is 29.3 Å². The van der Waals surface area contributed by atoms with Crippen LogP contribution in [0.2, 0.25) is 0 Å². The molecule has 0 aliphatic rings. The van der Waals surface area contributed by atoms with Gasteiger partial charge in [0.1, 0.15) is 6.07 Å². The Morgan fingerprint density at radius 2 is 1.95 bits per heavy atom. The molecule has 0 saturated heterocycles. The standard InChI is InChI=1S/C16H12N2S/c1-11-6-7-15(13(8-11)10-17)19-16-9-12-4-2-3-5-14(12)18-16/h2-9,18H,1H3. The van der Waals surface area contributed by atoms with Crippen LogP contribution < -0.4 is 0 Å². The number of aryl methyl sites for hydroxylation is 1. The fourth-order valence-electron chi connectivity index (χ4n) is 2.04. The van der Waals surface area contributed by atoms with Gasteiger partial charge in [-0.1, -0.05) is 36.0 Å². The Morgan fingerprint density at radius 3 is 2.74 bits per heavy atom. The number of benzene rings is 2. The van der Waals surface area contributed by atoms with Gasteiger partial charge in [-0.15, -0.1) is 0 Å². The molecule has 19 heavy (non-hydrogen) atoms. The van der Waals surface area contributed by atoms with Crippen LogP contribution in [0.1, 0.15) is 11.1 Å². The van der Waals surface area contributed by atoms with Crippen molar-refractivity contribution in [1.29, 1.82) is 5.26 Å². The number of nitrogens with zero attached hydrogens (tertiary/aromatic N) is 1. The highest BCUT2D eigenvalue weighted by atomic mass is 32.2. The molecule has 0 saturated carbocycles. The van der Waals surface area contributed by atoms with Crippen molar-refractivity contribution in [2.24, 2.45) is 0 Å². The third kappa shape index (κ3) is 2.35. The third-order valence-electron chi connectivity index (χ3n) is 2.98. The summed E-state index contributed by atoms with van der Waals surface area (Å²) in [5.74, 6) is 0. The Labute approximate surface area is 116 Å². The van der Waals surface area contributed by atoms with Gasteiger partial charge in [-0.2, -0.15) is 5.26 Å². The van der Waals surface area contributed by atoms with Crippen molar-refractivity contribution in [3.05, 3.63) is 59.7 Å². The van der Waals surface area contributed by atoms with Crippen LogP contribution in [0, 0.1) is 18.3 Å². The molecule has 92 valence electrons. The predicted octanol–water partition coefficient (Wildman–Crippen LogP) is 4.50. The number of aromatic nitrogens is 1. The molecular weight excluding hydrogens is 252 g/mol. The monoisotopic (exact) mass is 264 g/mol. The van der Waals surface area contributed by atoms with Crippen molar-refractivity contribution >= 4 is 22.7 Å². The maximum atomic E-state index is 9.19. The van der Waals surface area contributed by atoms with Gasteiger partial charge in [0.05, 0.1) is 10.6 Å². The Morgan fingerprint density at radius 1 is 1.11 bits per heavy atom. The highest BCUT2D eigenvalue weighted by molar-refractivity contribution is 7.99. The number of aromatic amines is 1. The van der Waals surface area contributed by atoms with Gasteiger partial charge in [0.2, 0.25) is 0 Å². The van der Waals surface area contributed by atoms with E-state index in [1.54, 1.807) is 11.8 Å². The number of para-hydroxylation sites is 1. The first-order chi connectivity index (χ1) is 9.26. The van der Waals surface area contributed by atoms with E-state index in [-0.39, 0.29) is 0 Å². The predicted molar refractivity (Wildman–Crippen MR) is 78.3 cm³/mol. The Bertz CT molecular complexity index is 748. The number of fused-ring (bicyclic) bond motifs is 1. The Hall–Kier alpha value is -2.18. The first-order valence-electron chi connectivity index (χ1n) is 6.02. The molecule has 0 atom stereocenters. The van der Waals surface area contributed by atoms with Crippen LogP contribution in [-0.2, 0) is 0 Å². The van der Waals surface area contributed by atoms with Crippen LogP contribution in [0.25, 0.3) is 10.9 Å². The maximum absolute atomic E-state index is 9.19. The Kier molecular flexibility index (Phi) is 3.02. The number of H-pyrrole nitrogens is 1. The first-order valence-corrected chi connectivity index (χ1v) is 6.84. The van der Waals surface area contributed by atoms with Gasteiger partial charge in [0.15, 0.2) is 0 Å². The van der Waals surface area contributed by atoms with Crippen molar-refractivity contribution < 1.29 is 0 Å². The van der Waals surface area contributed by atoms with Crippen molar-refractivity contribution in [3.8, 4) is 6.07 Å². The smallest absolute Gasteiger partial charge is 0.100 e. The summed E-state index contributed by atoms with van der Waals surface area (Å²) in [5.41, 5.74) is 2.96. The first kappa shape index (κ1) is 11.9. The van der Waals surface area contributed by atoms with Crippen molar-refractivity contribution in [2.45, 2.75) is 16.8 Å². The van der Waals surface area contributed by atoms with Crippen LogP contribution in [0.15, 0.2) is 58.5 Å². The summed E-state index contributed by atoms with van der Waals surface area (Å²) in [6, 6.07) is 18.5. The van der Waals surface area contributed by atoms with Crippen molar-refractivity contribution in [1.82, 2.24) is 4.98 Å². The zero-order valence-electron chi connectivity index (χ0n) is 10.5. The van der Waals surface area contributed by atoms with Crippen LogP contribution >= 0.6 is 11.8 Å². The molecule has 0 fully saturated rings. The SMILES string of the molecule is Cc1ccc(Sc2cc3ccccc3[nH]2)c(C#N)c1. The van der Waals surface area contributed by atoms with Crippen molar-refractivity contribution in [2.75, 3.05) is 0 Å². The molecule has 0 amide bonds. The van der Waals surface area contributed by atoms with Crippen molar-refractivity contribution in [3.63, 3.8) is 0 Å². The number of nitriles is 1. The maximum Gasteiger partial charge on any atom is 0.100 e. The summed E-state index contributed by atoms with van der Waals surface area (Å²) in [6.45, 7) is 2.00. The molecule has 1 N–H and O–H groups in total. The molecule has 2 nitrogen and oxygen atoms in total. The van der Waals surface area contributed by atoms with E-state index in [9.17, 15) is 5.26 Å². The van der Waals surface area contributed by atoms with Gasteiger partial charge < -0.3 is 4.98 Å². The summed E-state index contributed by atoms with van der Waals surface area (Å²) in [4.78, 5) is 4.35. The molecule has 3 aromatic rings. The molecule has 0 aliphatic heterocycles. The van der Waals surface area contributed by atoms with Gasteiger partial charge in [-0.3, -0.25) is 0 Å². The molecule has 3 rings (SSSR count). The van der Waals surface area contributed by atoms with E-state index in [0.717, 1.165) is 26.6 Å². The van der Waals surface area contributed by atoms with Crippen LogP contribution in [0.5, 0.6) is 0 Å². The molecule has 0 unspecified atom stereocenters. The average molecular weight is 264 g/mol. The minimum absolute atomic E-state index is 0.726. The molecule has 0 aliphatic carbocycles. The highest BCUT2D eigenvalue weighted by Crippen LogP contribution is 2.32. The summed E-state index contributed by atoms with van der Waals surface area (Å²) in [6.07, 6.45) is 0. The van der Waals surface area contributed by atoms with E-state index >= 15 is 0 Å². The fourth-order valence-corrected chi connectivity index (χ4v) is 2.97.